The summed E-state index contributed by atoms with van der Waals surface area (Å²) in [5.74, 6) is 3.03. The molecule has 0 saturated heterocycles. The van der Waals surface area contributed by atoms with Gasteiger partial charge in [0, 0.05) is 18.2 Å². The Hall–Kier alpha value is -1.49. The van der Waals surface area contributed by atoms with E-state index in [4.69, 9.17) is 4.42 Å². The Morgan fingerprint density at radius 3 is 2.67 bits per heavy atom. The molecule has 1 fully saturated rings. The smallest absolute Gasteiger partial charge is 0.191 e. The largest absolute Gasteiger partial charge is 0.466 e. The lowest BCUT2D eigenvalue weighted by atomic mass is 9.96. The molecule has 118 valence electrons. The number of rotatable bonds is 5. The average molecular weight is 293 g/mol. The molecular weight excluding hydrogens is 266 g/mol. The van der Waals surface area contributed by atoms with E-state index in [1.807, 2.05) is 26.8 Å². The van der Waals surface area contributed by atoms with E-state index in [0.717, 1.165) is 29.6 Å². The Balaban J connectivity index is 2.06. The van der Waals surface area contributed by atoms with E-state index in [9.17, 15) is 5.11 Å². The third-order valence-electron chi connectivity index (χ3n) is 3.94. The zero-order valence-corrected chi connectivity index (χ0v) is 13.7. The van der Waals surface area contributed by atoms with E-state index in [1.54, 1.807) is 6.92 Å². The van der Waals surface area contributed by atoms with Gasteiger partial charge >= 0.3 is 0 Å². The highest BCUT2D eigenvalue weighted by Gasteiger charge is 2.33. The van der Waals surface area contributed by atoms with Crippen LogP contribution in [0.2, 0.25) is 0 Å². The summed E-state index contributed by atoms with van der Waals surface area (Å²) in [7, 11) is 0. The quantitative estimate of drug-likeness (QED) is 0.574. The molecule has 1 saturated carbocycles. The van der Waals surface area contributed by atoms with Gasteiger partial charge < -0.3 is 20.2 Å². The first-order chi connectivity index (χ1) is 9.83. The van der Waals surface area contributed by atoms with Gasteiger partial charge in [0.1, 0.15) is 17.1 Å². The molecule has 1 aliphatic carbocycles. The maximum Gasteiger partial charge on any atom is 0.191 e. The Morgan fingerprint density at radius 1 is 1.52 bits per heavy atom. The van der Waals surface area contributed by atoms with Crippen molar-refractivity contribution in [2.45, 2.75) is 52.7 Å². The van der Waals surface area contributed by atoms with Gasteiger partial charge in [-0.1, -0.05) is 6.92 Å². The number of aliphatic hydroxyl groups is 1. The third-order valence-corrected chi connectivity index (χ3v) is 3.94. The van der Waals surface area contributed by atoms with Gasteiger partial charge in [-0.3, -0.25) is 0 Å². The number of nitrogens with zero attached hydrogens (tertiary/aromatic N) is 1. The van der Waals surface area contributed by atoms with Crippen LogP contribution < -0.4 is 10.6 Å². The molecule has 1 aromatic heterocycles. The molecule has 1 aromatic rings. The van der Waals surface area contributed by atoms with Crippen LogP contribution in [0.25, 0.3) is 0 Å². The monoisotopic (exact) mass is 293 g/mol. The minimum atomic E-state index is -1.03. The molecule has 21 heavy (non-hydrogen) atoms. The average Bonchev–Trinajstić information content (AvgIpc) is 2.96. The molecule has 5 nitrogen and oxygen atoms in total. The minimum Gasteiger partial charge on any atom is -0.466 e. The van der Waals surface area contributed by atoms with Gasteiger partial charge in [-0.2, -0.15) is 0 Å². The second-order valence-corrected chi connectivity index (χ2v) is 6.26. The van der Waals surface area contributed by atoms with E-state index in [2.05, 4.69) is 22.5 Å². The maximum absolute atomic E-state index is 10.7. The molecule has 5 heteroatoms. The van der Waals surface area contributed by atoms with E-state index in [1.165, 1.54) is 6.42 Å². The standard InChI is InChI=1S/C16H27N3O2/c1-6-17-15(19-14-7-10(14)2)18-9-16(5,20)13-8-11(3)21-12(13)4/h8,10,14,20H,6-7,9H2,1-5H3,(H2,17,18,19). The molecule has 0 aromatic carbocycles. The van der Waals surface area contributed by atoms with Crippen molar-refractivity contribution in [3.63, 3.8) is 0 Å². The fourth-order valence-corrected chi connectivity index (χ4v) is 2.50. The molecule has 3 atom stereocenters. The zero-order chi connectivity index (χ0) is 15.6. The van der Waals surface area contributed by atoms with Crippen LogP contribution in [0, 0.1) is 19.8 Å². The molecule has 0 bridgehead atoms. The molecule has 1 heterocycles. The van der Waals surface area contributed by atoms with Crippen LogP contribution in [0.1, 0.15) is 44.3 Å². The summed E-state index contributed by atoms with van der Waals surface area (Å²) in [6.45, 7) is 10.9. The third kappa shape index (κ3) is 4.00. The summed E-state index contributed by atoms with van der Waals surface area (Å²) in [6, 6.07) is 2.39. The predicted molar refractivity (Wildman–Crippen MR) is 84.4 cm³/mol. The fraction of sp³-hybridized carbons (Fsp3) is 0.688. The van der Waals surface area contributed by atoms with Crippen molar-refractivity contribution < 1.29 is 9.52 Å². The van der Waals surface area contributed by atoms with Crippen LogP contribution in [-0.2, 0) is 5.60 Å². The number of aliphatic imine (C=N–C) groups is 1. The van der Waals surface area contributed by atoms with Crippen molar-refractivity contribution >= 4 is 5.96 Å². The Morgan fingerprint density at radius 2 is 2.19 bits per heavy atom. The SMILES string of the molecule is CCNC(=NCC(C)(O)c1cc(C)oc1C)NC1CC1C. The van der Waals surface area contributed by atoms with Gasteiger partial charge in [0.25, 0.3) is 0 Å². The summed E-state index contributed by atoms with van der Waals surface area (Å²) < 4.78 is 5.50. The zero-order valence-electron chi connectivity index (χ0n) is 13.7. The van der Waals surface area contributed by atoms with Crippen molar-refractivity contribution in [3.8, 4) is 0 Å². The highest BCUT2D eigenvalue weighted by molar-refractivity contribution is 5.80. The Bertz CT molecular complexity index is 520. The van der Waals surface area contributed by atoms with E-state index < -0.39 is 5.60 Å². The van der Waals surface area contributed by atoms with Crippen molar-refractivity contribution in [1.82, 2.24) is 10.6 Å². The lowest BCUT2D eigenvalue weighted by Gasteiger charge is -2.21. The summed E-state index contributed by atoms with van der Waals surface area (Å²) in [5, 5.41) is 17.3. The summed E-state index contributed by atoms with van der Waals surface area (Å²) >= 11 is 0. The molecule has 3 N–H and O–H groups in total. The molecular formula is C16H27N3O2. The van der Waals surface area contributed by atoms with Gasteiger partial charge in [0.15, 0.2) is 5.96 Å². The van der Waals surface area contributed by atoms with Crippen LogP contribution in [0.15, 0.2) is 15.5 Å². The number of hydrogen-bond acceptors (Lipinski definition) is 3. The molecule has 0 spiro atoms. The summed E-state index contributed by atoms with van der Waals surface area (Å²) in [5.41, 5.74) is -0.223. The first-order valence-electron chi connectivity index (χ1n) is 7.68. The normalized spacial score (nSPS) is 24.6. The minimum absolute atomic E-state index is 0.295. The van der Waals surface area contributed by atoms with Crippen molar-refractivity contribution in [3.05, 3.63) is 23.2 Å². The van der Waals surface area contributed by atoms with Gasteiger partial charge in [0.2, 0.25) is 0 Å². The second-order valence-electron chi connectivity index (χ2n) is 6.26. The summed E-state index contributed by atoms with van der Waals surface area (Å²) in [4.78, 5) is 4.53. The van der Waals surface area contributed by atoms with Gasteiger partial charge in [0.05, 0.1) is 6.54 Å². The number of hydrogen-bond donors (Lipinski definition) is 3. The predicted octanol–water partition coefficient (Wildman–Crippen LogP) is 2.07. The number of furan rings is 1. The van der Waals surface area contributed by atoms with Crippen LogP contribution >= 0.6 is 0 Å². The first kappa shape index (κ1) is 15.9. The van der Waals surface area contributed by atoms with Crippen molar-refractivity contribution in [2.75, 3.05) is 13.1 Å². The molecule has 2 rings (SSSR count). The van der Waals surface area contributed by atoms with E-state index in [-0.39, 0.29) is 0 Å². The molecule has 3 unspecified atom stereocenters. The molecule has 0 radical (unpaired) electrons. The fourth-order valence-electron chi connectivity index (χ4n) is 2.50. The molecule has 0 aliphatic heterocycles. The van der Waals surface area contributed by atoms with Crippen LogP contribution in [0.3, 0.4) is 0 Å². The lowest BCUT2D eigenvalue weighted by Crippen LogP contribution is -2.40. The Kier molecular flexibility index (Phi) is 4.61. The van der Waals surface area contributed by atoms with Crippen LogP contribution in [0.4, 0.5) is 0 Å². The van der Waals surface area contributed by atoms with Gasteiger partial charge in [-0.15, -0.1) is 0 Å². The number of guanidine groups is 1. The van der Waals surface area contributed by atoms with Crippen LogP contribution in [-0.4, -0.2) is 30.2 Å². The summed E-state index contributed by atoms with van der Waals surface area (Å²) in [6.07, 6.45) is 1.18. The van der Waals surface area contributed by atoms with Crippen molar-refractivity contribution in [2.24, 2.45) is 10.9 Å². The van der Waals surface area contributed by atoms with E-state index in [0.29, 0.717) is 18.5 Å². The number of nitrogens with one attached hydrogen (secondary N) is 2. The van der Waals surface area contributed by atoms with Gasteiger partial charge in [-0.05, 0) is 46.1 Å². The first-order valence-corrected chi connectivity index (χ1v) is 7.68. The van der Waals surface area contributed by atoms with Crippen molar-refractivity contribution in [1.29, 1.82) is 0 Å². The van der Waals surface area contributed by atoms with Gasteiger partial charge in [-0.25, -0.2) is 4.99 Å². The van der Waals surface area contributed by atoms with E-state index >= 15 is 0 Å². The highest BCUT2D eigenvalue weighted by atomic mass is 16.3. The topological polar surface area (TPSA) is 69.8 Å². The lowest BCUT2D eigenvalue weighted by molar-refractivity contribution is 0.0657. The maximum atomic E-state index is 10.7. The Labute approximate surface area is 126 Å². The second kappa shape index (κ2) is 6.10. The molecule has 1 aliphatic rings. The highest BCUT2D eigenvalue weighted by Crippen LogP contribution is 2.29. The molecule has 0 amide bonds. The van der Waals surface area contributed by atoms with Crippen LogP contribution in [0.5, 0.6) is 0 Å². The number of aryl methyl sites for hydroxylation is 2.